The van der Waals surface area contributed by atoms with Gasteiger partial charge in [0.15, 0.2) is 0 Å². The molecule has 1 aromatic carbocycles. The quantitative estimate of drug-likeness (QED) is 0.845. The number of carbonyl (C=O) groups excluding carboxylic acids is 1. The van der Waals surface area contributed by atoms with Gasteiger partial charge in [-0.1, -0.05) is 56.5 Å². The van der Waals surface area contributed by atoms with E-state index in [4.69, 9.17) is 5.73 Å². The maximum Gasteiger partial charge on any atom is 0.224 e. The highest BCUT2D eigenvalue weighted by Gasteiger charge is 2.28. The molecule has 2 rings (SSSR count). The lowest BCUT2D eigenvalue weighted by atomic mass is 9.75. The zero-order chi connectivity index (χ0) is 15.1. The van der Waals surface area contributed by atoms with E-state index in [0.29, 0.717) is 6.54 Å². The van der Waals surface area contributed by atoms with Crippen molar-refractivity contribution in [1.29, 1.82) is 0 Å². The standard InChI is InChI=1S/C18H28N2O/c1-18(10-6-3-7-11-18)14-20-17(21)16(13-19)12-15-8-4-2-5-9-15/h2,4-5,8-9,16H,3,6-7,10-14,19H2,1H3,(H,20,21). The fourth-order valence-electron chi connectivity index (χ4n) is 3.21. The fraction of sp³-hybridized carbons (Fsp3) is 0.611. The molecule has 1 atom stereocenters. The third-order valence-electron chi connectivity index (χ3n) is 4.73. The molecule has 1 aliphatic rings. The minimum absolute atomic E-state index is 0.105. The van der Waals surface area contributed by atoms with Gasteiger partial charge in [-0.15, -0.1) is 0 Å². The van der Waals surface area contributed by atoms with Crippen molar-refractivity contribution >= 4 is 5.91 Å². The maximum atomic E-state index is 12.4. The van der Waals surface area contributed by atoms with Gasteiger partial charge in [0.25, 0.3) is 0 Å². The van der Waals surface area contributed by atoms with E-state index >= 15 is 0 Å². The van der Waals surface area contributed by atoms with Gasteiger partial charge in [-0.2, -0.15) is 0 Å². The summed E-state index contributed by atoms with van der Waals surface area (Å²) in [5.41, 5.74) is 7.25. The summed E-state index contributed by atoms with van der Waals surface area (Å²) in [6, 6.07) is 10.1. The Balaban J connectivity index is 1.85. The molecule has 3 nitrogen and oxygen atoms in total. The van der Waals surface area contributed by atoms with Crippen molar-refractivity contribution in [2.24, 2.45) is 17.1 Å². The molecule has 1 amide bonds. The highest BCUT2D eigenvalue weighted by atomic mass is 16.1. The molecule has 1 aromatic rings. The third kappa shape index (κ3) is 4.85. The van der Waals surface area contributed by atoms with Crippen LogP contribution in [0.3, 0.4) is 0 Å². The van der Waals surface area contributed by atoms with Crippen LogP contribution in [0.5, 0.6) is 0 Å². The lowest BCUT2D eigenvalue weighted by Crippen LogP contribution is -2.42. The Bertz CT molecular complexity index is 438. The van der Waals surface area contributed by atoms with Crippen molar-refractivity contribution < 1.29 is 4.79 Å². The third-order valence-corrected chi connectivity index (χ3v) is 4.73. The number of hydrogen-bond acceptors (Lipinski definition) is 2. The van der Waals surface area contributed by atoms with Crippen molar-refractivity contribution in [2.75, 3.05) is 13.1 Å². The average Bonchev–Trinajstić information content (AvgIpc) is 2.52. The lowest BCUT2D eigenvalue weighted by molar-refractivity contribution is -0.125. The van der Waals surface area contributed by atoms with Crippen LogP contribution < -0.4 is 11.1 Å². The summed E-state index contributed by atoms with van der Waals surface area (Å²) in [5, 5.41) is 3.15. The molecule has 0 saturated heterocycles. The summed E-state index contributed by atoms with van der Waals surface area (Å²) in [6.07, 6.45) is 7.08. The number of benzene rings is 1. The first-order valence-corrected chi connectivity index (χ1v) is 8.15. The van der Waals surface area contributed by atoms with Gasteiger partial charge in [0.2, 0.25) is 5.91 Å². The Morgan fingerprint density at radius 2 is 1.90 bits per heavy atom. The maximum absolute atomic E-state index is 12.4. The molecule has 0 radical (unpaired) electrons. The predicted octanol–water partition coefficient (Wildman–Crippen LogP) is 2.89. The molecule has 0 heterocycles. The number of rotatable bonds is 6. The van der Waals surface area contributed by atoms with Crippen LogP contribution in [-0.4, -0.2) is 19.0 Å². The predicted molar refractivity (Wildman–Crippen MR) is 86.9 cm³/mol. The summed E-state index contributed by atoms with van der Waals surface area (Å²) < 4.78 is 0. The van der Waals surface area contributed by atoms with Crippen molar-refractivity contribution in [2.45, 2.75) is 45.4 Å². The minimum atomic E-state index is -0.125. The zero-order valence-corrected chi connectivity index (χ0v) is 13.1. The van der Waals surface area contributed by atoms with E-state index in [2.05, 4.69) is 24.4 Å². The first-order valence-electron chi connectivity index (χ1n) is 8.15. The van der Waals surface area contributed by atoms with Gasteiger partial charge in [0.1, 0.15) is 0 Å². The summed E-state index contributed by atoms with van der Waals surface area (Å²) in [5.74, 6) is -0.0206. The molecule has 3 N–H and O–H groups in total. The van der Waals surface area contributed by atoms with Gasteiger partial charge in [0.05, 0.1) is 5.92 Å². The average molecular weight is 288 g/mol. The van der Waals surface area contributed by atoms with Gasteiger partial charge in [-0.25, -0.2) is 0 Å². The number of nitrogens with one attached hydrogen (secondary N) is 1. The van der Waals surface area contributed by atoms with Gasteiger partial charge in [0, 0.05) is 13.1 Å². The molecule has 1 fully saturated rings. The number of hydrogen-bond donors (Lipinski definition) is 2. The Kier molecular flexibility index (Phi) is 5.80. The molecular weight excluding hydrogens is 260 g/mol. The van der Waals surface area contributed by atoms with E-state index in [1.54, 1.807) is 0 Å². The number of amides is 1. The molecule has 116 valence electrons. The largest absolute Gasteiger partial charge is 0.355 e. The molecule has 1 unspecified atom stereocenters. The van der Waals surface area contributed by atoms with Crippen LogP contribution in [0.2, 0.25) is 0 Å². The second-order valence-corrected chi connectivity index (χ2v) is 6.71. The van der Waals surface area contributed by atoms with Crippen LogP contribution in [0.1, 0.15) is 44.6 Å². The van der Waals surface area contributed by atoms with Crippen LogP contribution in [0.15, 0.2) is 30.3 Å². The minimum Gasteiger partial charge on any atom is -0.355 e. The van der Waals surface area contributed by atoms with E-state index in [0.717, 1.165) is 13.0 Å². The van der Waals surface area contributed by atoms with E-state index in [1.165, 1.54) is 37.7 Å². The summed E-state index contributed by atoms with van der Waals surface area (Å²) in [6.45, 7) is 3.48. The van der Waals surface area contributed by atoms with Crippen LogP contribution in [-0.2, 0) is 11.2 Å². The number of nitrogens with two attached hydrogens (primary N) is 1. The molecule has 1 aliphatic carbocycles. The fourth-order valence-corrected chi connectivity index (χ4v) is 3.21. The Hall–Kier alpha value is -1.35. The van der Waals surface area contributed by atoms with E-state index < -0.39 is 0 Å². The Labute approximate surface area is 128 Å². The molecule has 0 bridgehead atoms. The molecule has 1 saturated carbocycles. The molecule has 0 aliphatic heterocycles. The molecule has 0 spiro atoms. The van der Waals surface area contributed by atoms with Crippen molar-refractivity contribution in [1.82, 2.24) is 5.32 Å². The van der Waals surface area contributed by atoms with Crippen LogP contribution in [0.25, 0.3) is 0 Å². The number of carbonyl (C=O) groups is 1. The monoisotopic (exact) mass is 288 g/mol. The van der Waals surface area contributed by atoms with Gasteiger partial charge >= 0.3 is 0 Å². The van der Waals surface area contributed by atoms with Gasteiger partial charge in [-0.3, -0.25) is 4.79 Å². The molecule has 3 heteroatoms. The van der Waals surface area contributed by atoms with E-state index in [-0.39, 0.29) is 17.2 Å². The van der Waals surface area contributed by atoms with Crippen LogP contribution in [0, 0.1) is 11.3 Å². The highest BCUT2D eigenvalue weighted by molar-refractivity contribution is 5.79. The van der Waals surface area contributed by atoms with Crippen molar-refractivity contribution in [3.8, 4) is 0 Å². The molecular formula is C18H28N2O. The lowest BCUT2D eigenvalue weighted by Gasteiger charge is -2.34. The van der Waals surface area contributed by atoms with Gasteiger partial charge < -0.3 is 11.1 Å². The summed E-state index contributed by atoms with van der Waals surface area (Å²) >= 11 is 0. The Morgan fingerprint density at radius 3 is 2.52 bits per heavy atom. The second kappa shape index (κ2) is 7.60. The molecule has 0 aromatic heterocycles. The normalized spacial score (nSPS) is 19.0. The van der Waals surface area contributed by atoms with E-state index in [9.17, 15) is 4.79 Å². The first-order chi connectivity index (χ1) is 10.1. The smallest absolute Gasteiger partial charge is 0.224 e. The second-order valence-electron chi connectivity index (χ2n) is 6.71. The highest BCUT2D eigenvalue weighted by Crippen LogP contribution is 2.34. The molecule has 21 heavy (non-hydrogen) atoms. The van der Waals surface area contributed by atoms with Crippen LogP contribution >= 0.6 is 0 Å². The summed E-state index contributed by atoms with van der Waals surface area (Å²) in [4.78, 5) is 12.4. The SMILES string of the molecule is CC1(CNC(=O)C(CN)Cc2ccccc2)CCCCC1. The zero-order valence-electron chi connectivity index (χ0n) is 13.1. The topological polar surface area (TPSA) is 55.1 Å². The van der Waals surface area contributed by atoms with Gasteiger partial charge in [-0.05, 0) is 30.2 Å². The Morgan fingerprint density at radius 1 is 1.24 bits per heavy atom. The van der Waals surface area contributed by atoms with Crippen molar-refractivity contribution in [3.63, 3.8) is 0 Å². The first kappa shape index (κ1) is 16.0. The van der Waals surface area contributed by atoms with E-state index in [1.807, 2.05) is 18.2 Å². The summed E-state index contributed by atoms with van der Waals surface area (Å²) in [7, 11) is 0. The van der Waals surface area contributed by atoms with Crippen LogP contribution in [0.4, 0.5) is 0 Å². The van der Waals surface area contributed by atoms with Crippen molar-refractivity contribution in [3.05, 3.63) is 35.9 Å².